The van der Waals surface area contributed by atoms with E-state index >= 15 is 0 Å². The topological polar surface area (TPSA) is 42.4 Å². The Morgan fingerprint density at radius 1 is 1.37 bits per heavy atom. The van der Waals surface area contributed by atoms with Gasteiger partial charge < -0.3 is 9.64 Å². The molecule has 1 saturated heterocycles. The lowest BCUT2D eigenvalue weighted by Gasteiger charge is -2.27. The van der Waals surface area contributed by atoms with Crippen molar-refractivity contribution in [1.82, 2.24) is 4.98 Å². The van der Waals surface area contributed by atoms with Crippen LogP contribution in [0.25, 0.3) is 0 Å². The van der Waals surface area contributed by atoms with Gasteiger partial charge in [-0.25, -0.2) is 4.98 Å². The Kier molecular flexibility index (Phi) is 3.57. The van der Waals surface area contributed by atoms with Crippen LogP contribution in [0.1, 0.15) is 16.9 Å². The molecule has 1 aromatic carbocycles. The van der Waals surface area contributed by atoms with Crippen molar-refractivity contribution in [3.05, 3.63) is 46.9 Å². The fraction of sp³-hybridized carbons (Fsp3) is 0.286. The summed E-state index contributed by atoms with van der Waals surface area (Å²) in [6, 6.07) is 9.81. The molecule has 0 spiro atoms. The first-order valence-corrected chi connectivity index (χ1v) is 7.15. The first-order chi connectivity index (χ1) is 9.36. The number of rotatable bonds is 3. The number of nitrogens with zero attached hydrogens (tertiary/aromatic N) is 2. The van der Waals surface area contributed by atoms with Gasteiger partial charge in [0.2, 0.25) is 0 Å². The lowest BCUT2D eigenvalue weighted by Crippen LogP contribution is -2.41. The highest BCUT2D eigenvalue weighted by atomic mass is 32.1. The lowest BCUT2D eigenvalue weighted by molar-refractivity contribution is 0.0967. The Labute approximate surface area is 115 Å². The predicted molar refractivity (Wildman–Crippen MR) is 74.6 cm³/mol. The fourth-order valence-electron chi connectivity index (χ4n) is 2.25. The zero-order valence-electron chi connectivity index (χ0n) is 10.4. The van der Waals surface area contributed by atoms with Gasteiger partial charge in [0.1, 0.15) is 5.69 Å². The second-order valence-corrected chi connectivity index (χ2v) is 5.12. The average Bonchev–Trinajstić information content (AvgIpc) is 3.13. The highest BCUT2D eigenvalue weighted by Crippen LogP contribution is 2.24. The van der Waals surface area contributed by atoms with Gasteiger partial charge in [-0.2, -0.15) is 0 Å². The summed E-state index contributed by atoms with van der Waals surface area (Å²) in [4.78, 5) is 18.5. The summed E-state index contributed by atoms with van der Waals surface area (Å²) in [5.74, 6) is -0.0528. The van der Waals surface area contributed by atoms with Crippen LogP contribution in [-0.4, -0.2) is 30.1 Å². The molecule has 0 bridgehead atoms. The molecule has 1 aromatic heterocycles. The Morgan fingerprint density at radius 3 is 2.84 bits per heavy atom. The number of carbonyl (C=O) groups excluding carboxylic acids is 1. The van der Waals surface area contributed by atoms with Gasteiger partial charge in [-0.05, 0) is 18.6 Å². The molecule has 4 nitrogen and oxygen atoms in total. The summed E-state index contributed by atoms with van der Waals surface area (Å²) >= 11 is 1.43. The van der Waals surface area contributed by atoms with Crippen LogP contribution in [0.5, 0.6) is 0 Å². The normalized spacial score (nSPS) is 18.4. The van der Waals surface area contributed by atoms with Crippen LogP contribution in [0.2, 0.25) is 0 Å². The number of ether oxygens (including phenoxy) is 1. The predicted octanol–water partition coefficient (Wildman–Crippen LogP) is 2.58. The van der Waals surface area contributed by atoms with Crippen molar-refractivity contribution in [3.63, 3.8) is 0 Å². The van der Waals surface area contributed by atoms with Gasteiger partial charge in [-0.15, -0.1) is 11.3 Å². The summed E-state index contributed by atoms with van der Waals surface area (Å²) in [6.07, 6.45) is 0.866. The van der Waals surface area contributed by atoms with E-state index in [9.17, 15) is 4.79 Å². The highest BCUT2D eigenvalue weighted by Gasteiger charge is 2.30. The molecule has 5 heteroatoms. The average molecular weight is 274 g/mol. The van der Waals surface area contributed by atoms with Crippen LogP contribution in [0, 0.1) is 0 Å². The number of para-hydroxylation sites is 1. The molecule has 0 aliphatic carbocycles. The first-order valence-electron chi connectivity index (χ1n) is 6.21. The molecule has 1 aliphatic rings. The van der Waals surface area contributed by atoms with Crippen molar-refractivity contribution in [2.24, 2.45) is 0 Å². The summed E-state index contributed by atoms with van der Waals surface area (Å²) in [5.41, 5.74) is 3.08. The number of aromatic nitrogens is 1. The molecule has 0 N–H and O–H groups in total. The van der Waals surface area contributed by atoms with Crippen molar-refractivity contribution >= 4 is 22.9 Å². The van der Waals surface area contributed by atoms with Crippen molar-refractivity contribution in [2.45, 2.75) is 12.5 Å². The monoisotopic (exact) mass is 274 g/mol. The number of carbonyl (C=O) groups is 1. The zero-order chi connectivity index (χ0) is 13.1. The van der Waals surface area contributed by atoms with E-state index < -0.39 is 0 Å². The molecule has 98 valence electrons. The van der Waals surface area contributed by atoms with Gasteiger partial charge in [0, 0.05) is 17.7 Å². The maximum atomic E-state index is 12.6. The van der Waals surface area contributed by atoms with Crippen LogP contribution in [0.4, 0.5) is 5.69 Å². The molecule has 0 radical (unpaired) electrons. The second-order valence-electron chi connectivity index (χ2n) is 4.40. The van der Waals surface area contributed by atoms with Crippen LogP contribution in [0.3, 0.4) is 0 Å². The van der Waals surface area contributed by atoms with E-state index in [1.165, 1.54) is 11.3 Å². The van der Waals surface area contributed by atoms with E-state index in [1.54, 1.807) is 10.9 Å². The second kappa shape index (κ2) is 5.50. The molecule has 1 atom stereocenters. The molecule has 1 aliphatic heterocycles. The van der Waals surface area contributed by atoms with Crippen LogP contribution >= 0.6 is 11.3 Å². The fourth-order valence-corrected chi connectivity index (χ4v) is 2.78. The smallest absolute Gasteiger partial charge is 0.278 e. The molecular formula is C14H14N2O2S. The molecule has 1 amide bonds. The third-order valence-electron chi connectivity index (χ3n) is 3.18. The molecule has 0 saturated carbocycles. The van der Waals surface area contributed by atoms with E-state index in [4.69, 9.17) is 4.74 Å². The van der Waals surface area contributed by atoms with Crippen molar-refractivity contribution in [2.75, 3.05) is 18.1 Å². The molecule has 1 fully saturated rings. The first kappa shape index (κ1) is 12.3. The van der Waals surface area contributed by atoms with E-state index in [1.807, 2.05) is 35.2 Å². The summed E-state index contributed by atoms with van der Waals surface area (Å²) in [6.45, 7) is 1.29. The molecular weight excluding hydrogens is 260 g/mol. The standard InChI is InChI=1S/C14H14N2O2S/c17-14(13-9-19-10-15-13)16(12-6-7-18-8-12)11-4-2-1-3-5-11/h1-5,9-10,12H,6-8H2. The number of thiazole rings is 1. The molecule has 2 heterocycles. The zero-order valence-corrected chi connectivity index (χ0v) is 11.2. The van der Waals surface area contributed by atoms with Gasteiger partial charge in [-0.3, -0.25) is 4.79 Å². The highest BCUT2D eigenvalue weighted by molar-refractivity contribution is 7.07. The summed E-state index contributed by atoms with van der Waals surface area (Å²) < 4.78 is 5.42. The third kappa shape index (κ3) is 2.52. The van der Waals surface area contributed by atoms with Crippen molar-refractivity contribution in [1.29, 1.82) is 0 Å². The number of amides is 1. The maximum Gasteiger partial charge on any atom is 0.278 e. The van der Waals surface area contributed by atoms with E-state index in [0.717, 1.165) is 12.1 Å². The molecule has 2 aromatic rings. The van der Waals surface area contributed by atoms with Crippen LogP contribution < -0.4 is 4.90 Å². The van der Waals surface area contributed by atoms with Crippen molar-refractivity contribution < 1.29 is 9.53 Å². The largest absolute Gasteiger partial charge is 0.379 e. The van der Waals surface area contributed by atoms with Gasteiger partial charge in [0.05, 0.1) is 18.2 Å². The van der Waals surface area contributed by atoms with Gasteiger partial charge in [0.15, 0.2) is 0 Å². The summed E-state index contributed by atoms with van der Waals surface area (Å²) in [7, 11) is 0. The number of anilines is 1. The Morgan fingerprint density at radius 2 is 2.21 bits per heavy atom. The Balaban J connectivity index is 1.94. The molecule has 1 unspecified atom stereocenters. The minimum Gasteiger partial charge on any atom is -0.379 e. The Bertz CT molecular complexity index is 536. The number of hydrogen-bond donors (Lipinski definition) is 0. The van der Waals surface area contributed by atoms with E-state index in [2.05, 4.69) is 4.98 Å². The van der Waals surface area contributed by atoms with Gasteiger partial charge >= 0.3 is 0 Å². The minimum absolute atomic E-state index is 0.0528. The quantitative estimate of drug-likeness (QED) is 0.864. The molecule has 3 rings (SSSR count). The molecule has 19 heavy (non-hydrogen) atoms. The van der Waals surface area contributed by atoms with Crippen LogP contribution in [-0.2, 0) is 4.74 Å². The third-order valence-corrected chi connectivity index (χ3v) is 3.76. The number of hydrogen-bond acceptors (Lipinski definition) is 4. The number of benzene rings is 1. The van der Waals surface area contributed by atoms with Gasteiger partial charge in [-0.1, -0.05) is 18.2 Å². The SMILES string of the molecule is O=C(c1cscn1)N(c1ccccc1)C1CCOC1. The van der Waals surface area contributed by atoms with E-state index in [-0.39, 0.29) is 11.9 Å². The Hall–Kier alpha value is -1.72. The van der Waals surface area contributed by atoms with E-state index in [0.29, 0.717) is 18.9 Å². The minimum atomic E-state index is -0.0528. The summed E-state index contributed by atoms with van der Waals surface area (Å²) in [5, 5.41) is 1.79. The van der Waals surface area contributed by atoms with Gasteiger partial charge in [0.25, 0.3) is 5.91 Å². The van der Waals surface area contributed by atoms with Crippen molar-refractivity contribution in [3.8, 4) is 0 Å². The maximum absolute atomic E-state index is 12.6. The van der Waals surface area contributed by atoms with Crippen LogP contribution in [0.15, 0.2) is 41.2 Å². The lowest BCUT2D eigenvalue weighted by atomic mass is 10.1.